The Morgan fingerprint density at radius 1 is 1.10 bits per heavy atom. The number of carbonyl (C=O) groups excluding carboxylic acids is 1. The highest BCUT2D eigenvalue weighted by atomic mass is 32.1. The molecule has 0 radical (unpaired) electrons. The van der Waals surface area contributed by atoms with Gasteiger partial charge in [0.2, 0.25) is 0 Å². The first-order chi connectivity index (χ1) is 9.81. The number of hydrogen-bond donors (Lipinski definition) is 0. The summed E-state index contributed by atoms with van der Waals surface area (Å²) in [6, 6.07) is 13.8. The molecular weight excluding hydrogens is 268 g/mol. The van der Waals surface area contributed by atoms with Gasteiger partial charge in [-0.1, -0.05) is 18.2 Å². The van der Waals surface area contributed by atoms with Crippen molar-refractivity contribution in [2.45, 2.75) is 19.3 Å². The lowest BCUT2D eigenvalue weighted by atomic mass is 10.1. The summed E-state index contributed by atoms with van der Waals surface area (Å²) in [6.07, 6.45) is 3.40. The fourth-order valence-electron chi connectivity index (χ4n) is 2.07. The number of ketones is 1. The van der Waals surface area contributed by atoms with Gasteiger partial charge in [-0.3, -0.25) is 9.78 Å². The van der Waals surface area contributed by atoms with Gasteiger partial charge in [-0.15, -0.1) is 11.3 Å². The number of pyridine rings is 1. The minimum absolute atomic E-state index is 0.217. The van der Waals surface area contributed by atoms with Crippen LogP contribution >= 0.6 is 11.3 Å². The first kappa shape index (κ1) is 12.9. The molecule has 3 aromatic rings. The van der Waals surface area contributed by atoms with Crippen molar-refractivity contribution in [3.05, 3.63) is 59.4 Å². The van der Waals surface area contributed by atoms with Crippen molar-refractivity contribution in [3.63, 3.8) is 0 Å². The van der Waals surface area contributed by atoms with Crippen LogP contribution in [0.5, 0.6) is 0 Å². The average molecular weight is 282 g/mol. The van der Waals surface area contributed by atoms with Gasteiger partial charge in [-0.05, 0) is 30.7 Å². The Labute approximate surface area is 121 Å². The van der Waals surface area contributed by atoms with Crippen LogP contribution in [0.2, 0.25) is 0 Å². The highest BCUT2D eigenvalue weighted by Gasteiger charge is 2.09. The minimum Gasteiger partial charge on any atom is -0.299 e. The van der Waals surface area contributed by atoms with Crippen molar-refractivity contribution in [1.82, 2.24) is 9.97 Å². The Morgan fingerprint density at radius 2 is 1.95 bits per heavy atom. The van der Waals surface area contributed by atoms with Gasteiger partial charge in [-0.2, -0.15) is 0 Å². The van der Waals surface area contributed by atoms with Gasteiger partial charge in [0.25, 0.3) is 0 Å². The summed E-state index contributed by atoms with van der Waals surface area (Å²) in [5, 5.41) is 0.900. The third-order valence-electron chi connectivity index (χ3n) is 3.07. The number of nitrogens with zero attached hydrogens (tertiary/aromatic N) is 2. The molecule has 0 unspecified atom stereocenters. The lowest BCUT2D eigenvalue weighted by molar-refractivity contribution is -0.118. The molecule has 0 atom stereocenters. The number of aromatic nitrogens is 2. The van der Waals surface area contributed by atoms with E-state index in [0.717, 1.165) is 20.9 Å². The van der Waals surface area contributed by atoms with Crippen LogP contribution < -0.4 is 0 Å². The van der Waals surface area contributed by atoms with Crippen molar-refractivity contribution in [2.24, 2.45) is 0 Å². The van der Waals surface area contributed by atoms with Crippen LogP contribution in [0.1, 0.15) is 17.1 Å². The Balaban J connectivity index is 1.61. The van der Waals surface area contributed by atoms with Gasteiger partial charge < -0.3 is 0 Å². The zero-order valence-electron chi connectivity index (χ0n) is 11.0. The summed E-state index contributed by atoms with van der Waals surface area (Å²) < 4.78 is 1.14. The van der Waals surface area contributed by atoms with Crippen LogP contribution in [0.4, 0.5) is 0 Å². The molecule has 0 fully saturated rings. The second-order valence-electron chi connectivity index (χ2n) is 4.61. The van der Waals surface area contributed by atoms with E-state index in [1.807, 2.05) is 42.5 Å². The van der Waals surface area contributed by atoms with Crippen LogP contribution in [0, 0.1) is 0 Å². The van der Waals surface area contributed by atoms with Crippen molar-refractivity contribution >= 4 is 27.3 Å². The van der Waals surface area contributed by atoms with Crippen LogP contribution in [-0.4, -0.2) is 15.8 Å². The van der Waals surface area contributed by atoms with Gasteiger partial charge in [-0.25, -0.2) is 4.98 Å². The molecule has 0 aliphatic carbocycles. The Hall–Kier alpha value is -2.07. The molecule has 2 heterocycles. The molecule has 0 bridgehead atoms. The third-order valence-corrected chi connectivity index (χ3v) is 4.11. The molecule has 0 N–H and O–H groups in total. The molecule has 0 aliphatic heterocycles. The quantitative estimate of drug-likeness (QED) is 0.720. The van der Waals surface area contributed by atoms with E-state index in [0.29, 0.717) is 19.3 Å². The number of carbonyl (C=O) groups is 1. The SMILES string of the molecule is O=C(CCc1ccccn1)Cc1nc2ccccc2s1. The molecule has 0 spiro atoms. The normalized spacial score (nSPS) is 10.8. The first-order valence-corrected chi connectivity index (χ1v) is 7.39. The zero-order valence-corrected chi connectivity index (χ0v) is 11.8. The van der Waals surface area contributed by atoms with Gasteiger partial charge in [0.1, 0.15) is 10.8 Å². The summed E-state index contributed by atoms with van der Waals surface area (Å²) in [5.74, 6) is 0.217. The number of fused-ring (bicyclic) bond motifs is 1. The van der Waals surface area contributed by atoms with E-state index >= 15 is 0 Å². The highest BCUT2D eigenvalue weighted by Crippen LogP contribution is 2.22. The monoisotopic (exact) mass is 282 g/mol. The zero-order chi connectivity index (χ0) is 13.8. The lowest BCUT2D eigenvalue weighted by Crippen LogP contribution is -2.04. The van der Waals surface area contributed by atoms with E-state index in [-0.39, 0.29) is 5.78 Å². The average Bonchev–Trinajstić information content (AvgIpc) is 2.88. The van der Waals surface area contributed by atoms with Crippen LogP contribution in [0.15, 0.2) is 48.7 Å². The molecule has 3 nitrogen and oxygen atoms in total. The number of aryl methyl sites for hydroxylation is 1. The van der Waals surface area contributed by atoms with Crippen LogP contribution in [0.25, 0.3) is 10.2 Å². The predicted octanol–water partition coefficient (Wildman–Crippen LogP) is 3.44. The lowest BCUT2D eigenvalue weighted by Gasteiger charge is -1.98. The smallest absolute Gasteiger partial charge is 0.140 e. The van der Waals surface area contributed by atoms with Crippen LogP contribution in [0.3, 0.4) is 0 Å². The van der Waals surface area contributed by atoms with Crippen molar-refractivity contribution < 1.29 is 4.79 Å². The summed E-state index contributed by atoms with van der Waals surface area (Å²) in [4.78, 5) is 20.7. The molecule has 0 saturated carbocycles. The number of thiazole rings is 1. The first-order valence-electron chi connectivity index (χ1n) is 6.57. The molecular formula is C16H14N2OS. The van der Waals surface area contributed by atoms with E-state index in [4.69, 9.17) is 0 Å². The molecule has 3 rings (SSSR count). The van der Waals surface area contributed by atoms with Gasteiger partial charge >= 0.3 is 0 Å². The maximum atomic E-state index is 12.0. The number of para-hydroxylation sites is 1. The van der Waals surface area contributed by atoms with Crippen molar-refractivity contribution in [3.8, 4) is 0 Å². The summed E-state index contributed by atoms with van der Waals surface area (Å²) in [6.45, 7) is 0. The van der Waals surface area contributed by atoms with E-state index in [9.17, 15) is 4.79 Å². The summed E-state index contributed by atoms with van der Waals surface area (Å²) in [5.41, 5.74) is 1.94. The molecule has 1 aromatic carbocycles. The Morgan fingerprint density at radius 3 is 2.75 bits per heavy atom. The molecule has 0 aliphatic rings. The number of hydrogen-bond acceptors (Lipinski definition) is 4. The molecule has 2 aromatic heterocycles. The van der Waals surface area contributed by atoms with E-state index in [2.05, 4.69) is 9.97 Å². The van der Waals surface area contributed by atoms with Gasteiger partial charge in [0.15, 0.2) is 0 Å². The number of benzene rings is 1. The standard InChI is InChI=1S/C16H14N2OS/c19-13(9-8-12-5-3-4-10-17-12)11-16-18-14-6-1-2-7-15(14)20-16/h1-7,10H,8-9,11H2. The molecule has 20 heavy (non-hydrogen) atoms. The number of Topliss-reactive ketones (excluding diaryl/α,β-unsaturated/α-hetero) is 1. The second kappa shape index (κ2) is 5.92. The fraction of sp³-hybridized carbons (Fsp3) is 0.188. The number of rotatable bonds is 5. The predicted molar refractivity (Wildman–Crippen MR) is 80.9 cm³/mol. The largest absolute Gasteiger partial charge is 0.299 e. The maximum absolute atomic E-state index is 12.0. The van der Waals surface area contributed by atoms with Crippen molar-refractivity contribution in [1.29, 1.82) is 0 Å². The Bertz CT molecular complexity index is 688. The second-order valence-corrected chi connectivity index (χ2v) is 5.73. The summed E-state index contributed by atoms with van der Waals surface area (Å²) in [7, 11) is 0. The fourth-order valence-corrected chi connectivity index (χ4v) is 3.06. The molecule has 0 saturated heterocycles. The molecule has 100 valence electrons. The van der Waals surface area contributed by atoms with E-state index in [1.54, 1.807) is 17.5 Å². The highest BCUT2D eigenvalue weighted by molar-refractivity contribution is 7.18. The van der Waals surface area contributed by atoms with Crippen LogP contribution in [-0.2, 0) is 17.6 Å². The van der Waals surface area contributed by atoms with Gasteiger partial charge in [0.05, 0.1) is 16.6 Å². The molecule has 0 amide bonds. The molecule has 4 heteroatoms. The maximum Gasteiger partial charge on any atom is 0.140 e. The summed E-state index contributed by atoms with van der Waals surface area (Å²) >= 11 is 1.60. The minimum atomic E-state index is 0.217. The van der Waals surface area contributed by atoms with Crippen molar-refractivity contribution in [2.75, 3.05) is 0 Å². The van der Waals surface area contributed by atoms with Gasteiger partial charge in [0, 0.05) is 18.3 Å². The third kappa shape index (κ3) is 3.08. The van der Waals surface area contributed by atoms with E-state index < -0.39 is 0 Å². The van der Waals surface area contributed by atoms with E-state index in [1.165, 1.54) is 0 Å². The Kier molecular flexibility index (Phi) is 3.83. The topological polar surface area (TPSA) is 42.9 Å².